The Kier molecular flexibility index (Phi) is 4.52. The second-order valence-corrected chi connectivity index (χ2v) is 7.02. The summed E-state index contributed by atoms with van der Waals surface area (Å²) < 4.78 is 0. The fourth-order valence-electron chi connectivity index (χ4n) is 2.44. The molecule has 1 heterocycles. The Hall–Kier alpha value is -1.36. The summed E-state index contributed by atoms with van der Waals surface area (Å²) in [6.07, 6.45) is 0.811. The summed E-state index contributed by atoms with van der Waals surface area (Å²) in [6, 6.07) is 9.99. The standard InChI is InChI=1S/C16H13Cl2NO2S/c17-9-1-3-14(20)12(8-9)16(21)19-13-5-6-22-15-4-2-10(18)7-11(13)15/h1-4,7-8,13,20H,5-6H2,(H,19,21). The van der Waals surface area contributed by atoms with Gasteiger partial charge in [0.15, 0.2) is 0 Å². The molecule has 114 valence electrons. The molecular weight excluding hydrogens is 341 g/mol. The molecule has 0 fully saturated rings. The highest BCUT2D eigenvalue weighted by Gasteiger charge is 2.24. The number of halogens is 2. The summed E-state index contributed by atoms with van der Waals surface area (Å²) in [4.78, 5) is 13.5. The first-order valence-corrected chi connectivity index (χ1v) is 8.50. The first kappa shape index (κ1) is 15.5. The lowest BCUT2D eigenvalue weighted by Gasteiger charge is -2.26. The van der Waals surface area contributed by atoms with Gasteiger partial charge in [0.25, 0.3) is 5.91 Å². The van der Waals surface area contributed by atoms with Crippen LogP contribution in [-0.4, -0.2) is 16.8 Å². The zero-order chi connectivity index (χ0) is 15.7. The molecule has 0 radical (unpaired) electrons. The summed E-state index contributed by atoms with van der Waals surface area (Å²) in [5.41, 5.74) is 1.19. The van der Waals surface area contributed by atoms with Crippen LogP contribution in [0.4, 0.5) is 0 Å². The first-order valence-electron chi connectivity index (χ1n) is 6.76. The molecule has 6 heteroatoms. The molecule has 2 aromatic rings. The van der Waals surface area contributed by atoms with Crippen LogP contribution < -0.4 is 5.32 Å². The van der Waals surface area contributed by atoms with Crippen molar-refractivity contribution in [3.63, 3.8) is 0 Å². The number of carbonyl (C=O) groups excluding carboxylic acids is 1. The van der Waals surface area contributed by atoms with E-state index in [1.165, 1.54) is 12.1 Å². The maximum Gasteiger partial charge on any atom is 0.255 e. The largest absolute Gasteiger partial charge is 0.507 e. The predicted molar refractivity (Wildman–Crippen MR) is 90.1 cm³/mol. The molecule has 3 rings (SSSR count). The molecule has 0 aliphatic carbocycles. The van der Waals surface area contributed by atoms with E-state index >= 15 is 0 Å². The van der Waals surface area contributed by atoms with Crippen LogP contribution in [0.25, 0.3) is 0 Å². The molecule has 1 atom stereocenters. The SMILES string of the molecule is O=C(NC1CCSc2ccc(Cl)cc21)c1cc(Cl)ccc1O. The van der Waals surface area contributed by atoms with E-state index in [9.17, 15) is 9.90 Å². The molecular formula is C16H13Cl2NO2S. The number of carbonyl (C=O) groups is 1. The molecule has 0 spiro atoms. The van der Waals surface area contributed by atoms with E-state index in [1.54, 1.807) is 17.8 Å². The number of hydrogen-bond donors (Lipinski definition) is 2. The van der Waals surface area contributed by atoms with E-state index < -0.39 is 0 Å². The molecule has 1 unspecified atom stereocenters. The summed E-state index contributed by atoms with van der Waals surface area (Å²) in [5, 5.41) is 13.8. The van der Waals surface area contributed by atoms with Gasteiger partial charge in [0, 0.05) is 20.7 Å². The van der Waals surface area contributed by atoms with Crippen LogP contribution in [0.1, 0.15) is 28.4 Å². The van der Waals surface area contributed by atoms with Gasteiger partial charge in [-0.1, -0.05) is 23.2 Å². The van der Waals surface area contributed by atoms with Crippen LogP contribution in [0, 0.1) is 0 Å². The van der Waals surface area contributed by atoms with Crippen molar-refractivity contribution in [2.45, 2.75) is 17.4 Å². The molecule has 1 amide bonds. The van der Waals surface area contributed by atoms with Gasteiger partial charge >= 0.3 is 0 Å². The maximum atomic E-state index is 12.4. The normalized spacial score (nSPS) is 16.9. The third kappa shape index (κ3) is 3.19. The summed E-state index contributed by atoms with van der Waals surface area (Å²) in [6.45, 7) is 0. The molecule has 2 N–H and O–H groups in total. The maximum absolute atomic E-state index is 12.4. The van der Waals surface area contributed by atoms with Crippen molar-refractivity contribution >= 4 is 40.9 Å². The Morgan fingerprint density at radius 2 is 1.91 bits per heavy atom. The Morgan fingerprint density at radius 1 is 1.18 bits per heavy atom. The van der Waals surface area contributed by atoms with Gasteiger partial charge in [-0.3, -0.25) is 4.79 Å². The molecule has 22 heavy (non-hydrogen) atoms. The lowest BCUT2D eigenvalue weighted by atomic mass is 10.0. The van der Waals surface area contributed by atoms with E-state index in [0.29, 0.717) is 10.0 Å². The average molecular weight is 354 g/mol. The highest BCUT2D eigenvalue weighted by Crippen LogP contribution is 2.37. The van der Waals surface area contributed by atoms with Crippen molar-refractivity contribution < 1.29 is 9.90 Å². The lowest BCUT2D eigenvalue weighted by molar-refractivity contribution is 0.0932. The van der Waals surface area contributed by atoms with Gasteiger partial charge in [0.2, 0.25) is 0 Å². The van der Waals surface area contributed by atoms with Gasteiger partial charge in [-0.05, 0) is 48.4 Å². The number of rotatable bonds is 2. The minimum atomic E-state index is -0.345. The molecule has 1 aliphatic rings. The number of amides is 1. The fourth-order valence-corrected chi connectivity index (χ4v) is 3.90. The van der Waals surface area contributed by atoms with Gasteiger partial charge < -0.3 is 10.4 Å². The van der Waals surface area contributed by atoms with Gasteiger partial charge in [0.05, 0.1) is 11.6 Å². The molecule has 3 nitrogen and oxygen atoms in total. The number of thioether (sulfide) groups is 1. The smallest absolute Gasteiger partial charge is 0.255 e. The van der Waals surface area contributed by atoms with E-state index in [1.807, 2.05) is 18.2 Å². The quantitative estimate of drug-likeness (QED) is 0.824. The van der Waals surface area contributed by atoms with Crippen molar-refractivity contribution in [1.82, 2.24) is 5.32 Å². The molecule has 0 saturated carbocycles. The average Bonchev–Trinajstić information content (AvgIpc) is 2.50. The number of fused-ring (bicyclic) bond motifs is 1. The number of hydrogen-bond acceptors (Lipinski definition) is 3. The summed E-state index contributed by atoms with van der Waals surface area (Å²) in [5.74, 6) is 0.488. The van der Waals surface area contributed by atoms with E-state index in [-0.39, 0.29) is 23.3 Å². The third-order valence-electron chi connectivity index (χ3n) is 3.52. The first-order chi connectivity index (χ1) is 10.5. The Bertz CT molecular complexity index is 736. The van der Waals surface area contributed by atoms with Crippen LogP contribution in [0.5, 0.6) is 5.75 Å². The third-order valence-corrected chi connectivity index (χ3v) is 5.11. The van der Waals surface area contributed by atoms with Gasteiger partial charge in [-0.2, -0.15) is 0 Å². The van der Waals surface area contributed by atoms with Crippen LogP contribution in [0.2, 0.25) is 10.0 Å². The van der Waals surface area contributed by atoms with Gasteiger partial charge in [-0.25, -0.2) is 0 Å². The number of phenols is 1. The van der Waals surface area contributed by atoms with Crippen molar-refractivity contribution in [2.75, 3.05) is 5.75 Å². The van der Waals surface area contributed by atoms with Crippen LogP contribution in [0.15, 0.2) is 41.3 Å². The monoisotopic (exact) mass is 353 g/mol. The van der Waals surface area contributed by atoms with Crippen LogP contribution in [-0.2, 0) is 0 Å². The highest BCUT2D eigenvalue weighted by molar-refractivity contribution is 7.99. The molecule has 2 aromatic carbocycles. The predicted octanol–water partition coefficient (Wildman–Crippen LogP) is 4.67. The fraction of sp³-hybridized carbons (Fsp3) is 0.188. The van der Waals surface area contributed by atoms with Crippen LogP contribution >= 0.6 is 35.0 Å². The van der Waals surface area contributed by atoms with E-state index in [2.05, 4.69) is 5.32 Å². The molecule has 0 aromatic heterocycles. The van der Waals surface area contributed by atoms with Crippen LogP contribution in [0.3, 0.4) is 0 Å². The van der Waals surface area contributed by atoms with E-state index in [4.69, 9.17) is 23.2 Å². The molecule has 1 aliphatic heterocycles. The van der Waals surface area contributed by atoms with Crippen molar-refractivity contribution in [2.24, 2.45) is 0 Å². The second-order valence-electron chi connectivity index (χ2n) is 5.01. The number of aromatic hydroxyl groups is 1. The minimum absolute atomic E-state index is 0.0848. The van der Waals surface area contributed by atoms with Crippen molar-refractivity contribution in [1.29, 1.82) is 0 Å². The molecule has 0 bridgehead atoms. The number of phenolic OH excluding ortho intramolecular Hbond substituents is 1. The summed E-state index contributed by atoms with van der Waals surface area (Å²) >= 11 is 13.7. The van der Waals surface area contributed by atoms with Crippen molar-refractivity contribution in [3.8, 4) is 5.75 Å². The Morgan fingerprint density at radius 3 is 2.73 bits per heavy atom. The topological polar surface area (TPSA) is 49.3 Å². The Balaban J connectivity index is 1.87. The van der Waals surface area contributed by atoms with Crippen molar-refractivity contribution in [3.05, 3.63) is 57.6 Å². The second kappa shape index (κ2) is 6.41. The number of nitrogens with one attached hydrogen (secondary N) is 1. The van der Waals surface area contributed by atoms with E-state index in [0.717, 1.165) is 22.6 Å². The van der Waals surface area contributed by atoms with Gasteiger partial charge in [-0.15, -0.1) is 11.8 Å². The summed E-state index contributed by atoms with van der Waals surface area (Å²) in [7, 11) is 0. The Labute approximate surface area is 142 Å². The van der Waals surface area contributed by atoms with Gasteiger partial charge in [0.1, 0.15) is 5.75 Å². The lowest BCUT2D eigenvalue weighted by Crippen LogP contribution is -2.30. The molecule has 0 saturated heterocycles. The zero-order valence-electron chi connectivity index (χ0n) is 11.5. The number of benzene rings is 2. The minimum Gasteiger partial charge on any atom is -0.507 e. The zero-order valence-corrected chi connectivity index (χ0v) is 13.8. The highest BCUT2D eigenvalue weighted by atomic mass is 35.5.